The molecule has 0 bridgehead atoms. The molecule has 2 aromatic carbocycles. The number of benzene rings is 2. The Morgan fingerprint density at radius 2 is 1.70 bits per heavy atom. The summed E-state index contributed by atoms with van der Waals surface area (Å²) in [6.45, 7) is 4.07. The maximum absolute atomic E-state index is 5.53. The van der Waals surface area contributed by atoms with Crippen molar-refractivity contribution in [3.05, 3.63) is 78.0 Å². The summed E-state index contributed by atoms with van der Waals surface area (Å²) < 4.78 is 7.49. The third kappa shape index (κ3) is 3.19. The van der Waals surface area contributed by atoms with Crippen molar-refractivity contribution in [3.63, 3.8) is 0 Å². The second-order valence-corrected chi connectivity index (χ2v) is 6.40. The van der Waals surface area contributed by atoms with E-state index >= 15 is 0 Å². The third-order valence-corrected chi connectivity index (χ3v) is 4.49. The van der Waals surface area contributed by atoms with Gasteiger partial charge in [0.1, 0.15) is 17.1 Å². The molecule has 0 unspecified atom stereocenters. The summed E-state index contributed by atoms with van der Waals surface area (Å²) in [6.07, 6.45) is 1.97. The van der Waals surface area contributed by atoms with Crippen LogP contribution in [0.25, 0.3) is 16.9 Å². The van der Waals surface area contributed by atoms with Gasteiger partial charge in [0, 0.05) is 11.8 Å². The fourth-order valence-electron chi connectivity index (χ4n) is 3.03. The molecule has 0 amide bonds. The van der Waals surface area contributed by atoms with Crippen LogP contribution in [-0.4, -0.2) is 16.5 Å². The fourth-order valence-corrected chi connectivity index (χ4v) is 3.03. The van der Waals surface area contributed by atoms with Crippen molar-refractivity contribution in [2.75, 3.05) is 7.11 Å². The van der Waals surface area contributed by atoms with Gasteiger partial charge in [-0.2, -0.15) is 0 Å². The van der Waals surface area contributed by atoms with Crippen LogP contribution < -0.4 is 4.74 Å². The monoisotopic (exact) mass is 356 g/mol. The summed E-state index contributed by atoms with van der Waals surface area (Å²) in [4.78, 5) is 4.82. The lowest BCUT2D eigenvalue weighted by Gasteiger charge is -2.06. The van der Waals surface area contributed by atoms with Crippen molar-refractivity contribution < 1.29 is 4.74 Å². The van der Waals surface area contributed by atoms with Gasteiger partial charge in [-0.15, -0.1) is 10.2 Å². The van der Waals surface area contributed by atoms with E-state index in [-0.39, 0.29) is 0 Å². The maximum Gasteiger partial charge on any atom is 0.187 e. The summed E-state index contributed by atoms with van der Waals surface area (Å²) in [6, 6.07) is 19.8. The molecule has 5 nitrogen and oxygen atoms in total. The molecule has 4 rings (SSSR count). The van der Waals surface area contributed by atoms with Crippen LogP contribution in [0.1, 0.15) is 11.1 Å². The van der Waals surface area contributed by atoms with Crippen molar-refractivity contribution in [1.29, 1.82) is 0 Å². The number of methoxy groups -OCH3 is 1. The number of pyridine rings is 1. The van der Waals surface area contributed by atoms with Crippen molar-refractivity contribution in [2.45, 2.75) is 13.8 Å². The second-order valence-electron chi connectivity index (χ2n) is 6.40. The van der Waals surface area contributed by atoms with Crippen molar-refractivity contribution in [1.82, 2.24) is 9.38 Å². The molecule has 0 aliphatic carbocycles. The van der Waals surface area contributed by atoms with Gasteiger partial charge in [-0.25, -0.2) is 4.98 Å². The van der Waals surface area contributed by atoms with Gasteiger partial charge in [-0.3, -0.25) is 4.40 Å². The number of aryl methyl sites for hydroxylation is 2. The molecule has 27 heavy (non-hydrogen) atoms. The van der Waals surface area contributed by atoms with E-state index in [1.165, 1.54) is 0 Å². The van der Waals surface area contributed by atoms with Gasteiger partial charge >= 0.3 is 0 Å². The molecular weight excluding hydrogens is 336 g/mol. The van der Waals surface area contributed by atoms with Crippen LogP contribution in [0.4, 0.5) is 11.5 Å². The Kier molecular flexibility index (Phi) is 4.42. The van der Waals surface area contributed by atoms with Crippen LogP contribution in [0.2, 0.25) is 0 Å². The second kappa shape index (κ2) is 7.03. The zero-order chi connectivity index (χ0) is 18.8. The number of azo groups is 1. The summed E-state index contributed by atoms with van der Waals surface area (Å²) in [5, 5.41) is 9.06. The lowest BCUT2D eigenvalue weighted by molar-refractivity contribution is 0.416. The number of imidazole rings is 1. The standard InChI is InChI=1S/C22H20N4O/c1-15-12-13-26-20(14-15)23-21(17-9-5-7-11-19(17)27-3)22(26)25-24-18-10-6-4-8-16(18)2/h4-14H,1-3H3. The van der Waals surface area contributed by atoms with Gasteiger partial charge in [0.15, 0.2) is 5.82 Å². The topological polar surface area (TPSA) is 51.2 Å². The molecule has 0 atom stereocenters. The number of para-hydroxylation sites is 1. The smallest absolute Gasteiger partial charge is 0.187 e. The van der Waals surface area contributed by atoms with Crippen molar-refractivity contribution in [3.8, 4) is 17.0 Å². The van der Waals surface area contributed by atoms with Crippen LogP contribution in [0, 0.1) is 13.8 Å². The van der Waals surface area contributed by atoms with Gasteiger partial charge in [-0.1, -0.05) is 30.3 Å². The van der Waals surface area contributed by atoms with Crippen LogP contribution in [0.15, 0.2) is 77.1 Å². The van der Waals surface area contributed by atoms with Crippen LogP contribution in [0.5, 0.6) is 5.75 Å². The van der Waals surface area contributed by atoms with Crippen molar-refractivity contribution in [2.24, 2.45) is 10.2 Å². The van der Waals surface area contributed by atoms with Crippen LogP contribution in [-0.2, 0) is 0 Å². The Morgan fingerprint density at radius 3 is 2.52 bits per heavy atom. The van der Waals surface area contributed by atoms with E-state index in [0.717, 1.165) is 39.5 Å². The van der Waals surface area contributed by atoms with Gasteiger partial charge in [0.25, 0.3) is 0 Å². The van der Waals surface area contributed by atoms with Crippen molar-refractivity contribution >= 4 is 17.2 Å². The molecule has 0 fully saturated rings. The number of ether oxygens (including phenoxy) is 1. The normalized spacial score (nSPS) is 11.4. The maximum atomic E-state index is 5.53. The van der Waals surface area contributed by atoms with Gasteiger partial charge in [0.2, 0.25) is 0 Å². The largest absolute Gasteiger partial charge is 0.496 e. The highest BCUT2D eigenvalue weighted by Gasteiger charge is 2.17. The number of aromatic nitrogens is 2. The number of hydrogen-bond acceptors (Lipinski definition) is 4. The molecule has 5 heteroatoms. The quantitative estimate of drug-likeness (QED) is 0.418. The first kappa shape index (κ1) is 17.0. The van der Waals surface area contributed by atoms with E-state index in [2.05, 4.69) is 10.2 Å². The highest BCUT2D eigenvalue weighted by atomic mass is 16.5. The lowest BCUT2D eigenvalue weighted by Crippen LogP contribution is -1.88. The van der Waals surface area contributed by atoms with E-state index in [4.69, 9.17) is 9.72 Å². The first-order valence-corrected chi connectivity index (χ1v) is 8.77. The minimum absolute atomic E-state index is 0.678. The predicted molar refractivity (Wildman–Crippen MR) is 107 cm³/mol. The summed E-state index contributed by atoms with van der Waals surface area (Å²) in [7, 11) is 1.66. The molecule has 0 aliphatic heterocycles. The third-order valence-electron chi connectivity index (χ3n) is 4.49. The lowest BCUT2D eigenvalue weighted by atomic mass is 10.1. The SMILES string of the molecule is COc1ccccc1-c1nc2cc(C)ccn2c1N=Nc1ccccc1C. The van der Waals surface area contributed by atoms with E-state index < -0.39 is 0 Å². The molecule has 0 saturated heterocycles. The molecule has 0 N–H and O–H groups in total. The molecular formula is C22H20N4O. The molecule has 0 aliphatic rings. The highest BCUT2D eigenvalue weighted by molar-refractivity contribution is 5.78. The Balaban J connectivity index is 1.93. The predicted octanol–water partition coefficient (Wildman–Crippen LogP) is 6.04. The fraction of sp³-hybridized carbons (Fsp3) is 0.136. The molecule has 0 radical (unpaired) electrons. The van der Waals surface area contributed by atoms with E-state index in [1.807, 2.05) is 85.1 Å². The Morgan fingerprint density at radius 1 is 0.926 bits per heavy atom. The average molecular weight is 356 g/mol. The number of nitrogens with zero attached hydrogens (tertiary/aromatic N) is 4. The van der Waals surface area contributed by atoms with Gasteiger partial charge in [0.05, 0.1) is 12.8 Å². The number of rotatable bonds is 4. The van der Waals surface area contributed by atoms with E-state index in [9.17, 15) is 0 Å². The first-order chi connectivity index (χ1) is 13.2. The Bertz CT molecular complexity index is 1140. The minimum Gasteiger partial charge on any atom is -0.496 e. The minimum atomic E-state index is 0.678. The van der Waals surface area contributed by atoms with Gasteiger partial charge in [-0.05, 0) is 55.3 Å². The van der Waals surface area contributed by atoms with E-state index in [1.54, 1.807) is 7.11 Å². The van der Waals surface area contributed by atoms with E-state index in [0.29, 0.717) is 5.82 Å². The molecule has 4 aromatic rings. The Labute approximate surface area is 158 Å². The summed E-state index contributed by atoms with van der Waals surface area (Å²) >= 11 is 0. The zero-order valence-corrected chi connectivity index (χ0v) is 15.5. The average Bonchev–Trinajstić information content (AvgIpc) is 3.04. The van der Waals surface area contributed by atoms with Crippen LogP contribution in [0.3, 0.4) is 0 Å². The molecule has 2 heterocycles. The summed E-state index contributed by atoms with van der Waals surface area (Å²) in [5.74, 6) is 1.43. The summed E-state index contributed by atoms with van der Waals surface area (Å²) in [5.41, 5.74) is 5.52. The van der Waals surface area contributed by atoms with Gasteiger partial charge < -0.3 is 4.74 Å². The molecule has 0 saturated carbocycles. The molecule has 134 valence electrons. The van der Waals surface area contributed by atoms with Crippen LogP contribution >= 0.6 is 0 Å². The number of hydrogen-bond donors (Lipinski definition) is 0. The Hall–Kier alpha value is -3.47. The zero-order valence-electron chi connectivity index (χ0n) is 15.5. The number of fused-ring (bicyclic) bond motifs is 1. The molecule has 2 aromatic heterocycles. The molecule has 0 spiro atoms. The first-order valence-electron chi connectivity index (χ1n) is 8.77. The highest BCUT2D eigenvalue weighted by Crippen LogP contribution is 2.37.